The van der Waals surface area contributed by atoms with E-state index >= 15 is 0 Å². The molecule has 0 aliphatic heterocycles. The Morgan fingerprint density at radius 1 is 0.944 bits per heavy atom. The van der Waals surface area contributed by atoms with Crippen LogP contribution >= 0.6 is 11.8 Å². The first-order valence-electron chi connectivity index (χ1n) is 7.22. The monoisotopic (exact) mass is 273 g/mol. The highest BCUT2D eigenvalue weighted by Gasteiger charge is 2.09. The van der Waals surface area contributed by atoms with E-state index in [4.69, 9.17) is 5.41 Å². The summed E-state index contributed by atoms with van der Waals surface area (Å²) in [4.78, 5) is 4.46. The van der Waals surface area contributed by atoms with Gasteiger partial charge in [0.1, 0.15) is 0 Å². The van der Waals surface area contributed by atoms with Gasteiger partial charge in [-0.1, -0.05) is 38.5 Å². The number of nitrogens with one attached hydrogen (secondary N) is 1. The molecule has 0 heterocycles. The highest BCUT2D eigenvalue weighted by Crippen LogP contribution is 2.11. The number of unbranched alkanes of at least 4 members (excludes halogenated alkanes) is 2. The maximum absolute atomic E-state index is 8.16. The second-order valence-electron chi connectivity index (χ2n) is 5.00. The third kappa shape index (κ3) is 9.77. The zero-order chi connectivity index (χ0) is 13.8. The van der Waals surface area contributed by atoms with Crippen LogP contribution in [0.3, 0.4) is 0 Å². The van der Waals surface area contributed by atoms with Crippen molar-refractivity contribution in [1.29, 1.82) is 5.41 Å². The summed E-state index contributed by atoms with van der Waals surface area (Å²) in [5.74, 6) is 1.06. The number of nitrogens with zero attached hydrogens (tertiary/aromatic N) is 2. The van der Waals surface area contributed by atoms with E-state index in [0.717, 1.165) is 37.0 Å². The Hall–Kier alpha value is -0.220. The lowest BCUT2D eigenvalue weighted by atomic mass is 10.3. The Bertz CT molecular complexity index is 199. The van der Waals surface area contributed by atoms with E-state index in [1.54, 1.807) is 11.8 Å². The van der Waals surface area contributed by atoms with Crippen molar-refractivity contribution in [3.63, 3.8) is 0 Å². The Balaban J connectivity index is 3.88. The summed E-state index contributed by atoms with van der Waals surface area (Å²) in [6.07, 6.45) is 5.98. The van der Waals surface area contributed by atoms with Crippen LogP contribution < -0.4 is 0 Å². The van der Waals surface area contributed by atoms with Gasteiger partial charge in [-0.25, -0.2) is 0 Å². The van der Waals surface area contributed by atoms with Crippen LogP contribution in [0, 0.1) is 5.41 Å². The molecule has 0 aliphatic carbocycles. The number of hydrogen-bond donors (Lipinski definition) is 1. The van der Waals surface area contributed by atoms with E-state index in [2.05, 4.69) is 37.7 Å². The summed E-state index contributed by atoms with van der Waals surface area (Å²) in [6, 6.07) is 0. The van der Waals surface area contributed by atoms with E-state index in [0.29, 0.717) is 0 Å². The molecule has 0 radical (unpaired) electrons. The topological polar surface area (TPSA) is 30.3 Å². The SMILES string of the molecule is CCCCN(CCCC)C(=N)SCCCN(C)C. The zero-order valence-corrected chi connectivity index (χ0v) is 13.5. The van der Waals surface area contributed by atoms with Gasteiger partial charge >= 0.3 is 0 Å². The third-order valence-corrected chi connectivity index (χ3v) is 3.86. The minimum atomic E-state index is 0.774. The van der Waals surface area contributed by atoms with Crippen molar-refractivity contribution in [2.45, 2.75) is 46.0 Å². The maximum atomic E-state index is 8.16. The zero-order valence-electron chi connectivity index (χ0n) is 12.7. The van der Waals surface area contributed by atoms with Crippen LogP contribution in [-0.2, 0) is 0 Å². The molecule has 3 nitrogen and oxygen atoms in total. The van der Waals surface area contributed by atoms with Gasteiger partial charge in [0.05, 0.1) is 0 Å². The molecule has 0 spiro atoms. The van der Waals surface area contributed by atoms with Gasteiger partial charge in [-0.15, -0.1) is 0 Å². The molecule has 0 aromatic rings. The third-order valence-electron chi connectivity index (χ3n) is 2.84. The van der Waals surface area contributed by atoms with Crippen molar-refractivity contribution in [3.8, 4) is 0 Å². The van der Waals surface area contributed by atoms with Crippen LogP contribution in [0.2, 0.25) is 0 Å². The predicted molar refractivity (Wildman–Crippen MR) is 84.7 cm³/mol. The molecule has 0 saturated carbocycles. The summed E-state index contributed by atoms with van der Waals surface area (Å²) in [6.45, 7) is 7.65. The predicted octanol–water partition coefficient (Wildman–Crippen LogP) is 3.51. The van der Waals surface area contributed by atoms with E-state index in [1.165, 1.54) is 25.7 Å². The lowest BCUT2D eigenvalue weighted by molar-refractivity contribution is 0.402. The fourth-order valence-electron chi connectivity index (χ4n) is 1.65. The first kappa shape index (κ1) is 17.8. The van der Waals surface area contributed by atoms with Gasteiger partial charge in [0.2, 0.25) is 0 Å². The van der Waals surface area contributed by atoms with Crippen molar-refractivity contribution in [2.24, 2.45) is 0 Å². The van der Waals surface area contributed by atoms with Crippen LogP contribution in [0.15, 0.2) is 0 Å². The molecule has 0 bridgehead atoms. The Labute approximate surface area is 118 Å². The van der Waals surface area contributed by atoms with E-state index in [9.17, 15) is 0 Å². The lowest BCUT2D eigenvalue weighted by Crippen LogP contribution is -2.30. The molecular formula is C14H31N3S. The summed E-state index contributed by atoms with van der Waals surface area (Å²) < 4.78 is 0. The normalized spacial score (nSPS) is 10.9. The average molecular weight is 273 g/mol. The first-order chi connectivity index (χ1) is 8.61. The van der Waals surface area contributed by atoms with E-state index in [-0.39, 0.29) is 0 Å². The molecule has 4 heteroatoms. The van der Waals surface area contributed by atoms with Crippen molar-refractivity contribution in [2.75, 3.05) is 39.5 Å². The van der Waals surface area contributed by atoms with Gasteiger partial charge in [-0.05, 0) is 39.9 Å². The second-order valence-corrected chi connectivity index (χ2v) is 6.09. The van der Waals surface area contributed by atoms with Gasteiger partial charge in [0, 0.05) is 18.8 Å². The number of thioether (sulfide) groups is 1. The maximum Gasteiger partial charge on any atom is 0.156 e. The van der Waals surface area contributed by atoms with Gasteiger partial charge in [-0.2, -0.15) is 0 Å². The fraction of sp³-hybridized carbons (Fsp3) is 0.929. The van der Waals surface area contributed by atoms with Gasteiger partial charge < -0.3 is 9.80 Å². The van der Waals surface area contributed by atoms with E-state index < -0.39 is 0 Å². The summed E-state index contributed by atoms with van der Waals surface area (Å²) in [5, 5.41) is 8.94. The van der Waals surface area contributed by atoms with Gasteiger partial charge in [0.25, 0.3) is 0 Å². The Kier molecular flexibility index (Phi) is 11.7. The average Bonchev–Trinajstić information content (AvgIpc) is 2.34. The van der Waals surface area contributed by atoms with Crippen LogP contribution in [0.25, 0.3) is 0 Å². The highest BCUT2D eigenvalue weighted by molar-refractivity contribution is 8.13. The number of amidine groups is 1. The summed E-state index contributed by atoms with van der Waals surface area (Å²) in [7, 11) is 4.20. The minimum absolute atomic E-state index is 0.774. The van der Waals surface area contributed by atoms with Crippen LogP contribution in [0.5, 0.6) is 0 Å². The minimum Gasteiger partial charge on any atom is -0.352 e. The van der Waals surface area contributed by atoms with E-state index in [1.807, 2.05) is 0 Å². The molecular weight excluding hydrogens is 242 g/mol. The van der Waals surface area contributed by atoms with Crippen molar-refractivity contribution < 1.29 is 0 Å². The smallest absolute Gasteiger partial charge is 0.156 e. The molecule has 0 fully saturated rings. The number of hydrogen-bond acceptors (Lipinski definition) is 3. The molecule has 0 atom stereocenters. The van der Waals surface area contributed by atoms with Gasteiger partial charge in [0.15, 0.2) is 5.17 Å². The fourth-order valence-corrected chi connectivity index (χ4v) is 2.49. The molecule has 0 saturated heterocycles. The molecule has 108 valence electrons. The van der Waals surface area contributed by atoms with Crippen LogP contribution in [0.4, 0.5) is 0 Å². The molecule has 0 aromatic heterocycles. The Morgan fingerprint density at radius 2 is 1.50 bits per heavy atom. The first-order valence-corrected chi connectivity index (χ1v) is 8.21. The quantitative estimate of drug-likeness (QED) is 0.375. The van der Waals surface area contributed by atoms with Crippen molar-refractivity contribution >= 4 is 16.9 Å². The van der Waals surface area contributed by atoms with Crippen LogP contribution in [0.1, 0.15) is 46.0 Å². The molecule has 0 unspecified atom stereocenters. The molecule has 0 rings (SSSR count). The molecule has 0 aromatic carbocycles. The van der Waals surface area contributed by atoms with Gasteiger partial charge in [-0.3, -0.25) is 5.41 Å². The highest BCUT2D eigenvalue weighted by atomic mass is 32.2. The molecule has 18 heavy (non-hydrogen) atoms. The molecule has 1 N–H and O–H groups in total. The Morgan fingerprint density at radius 3 is 1.94 bits per heavy atom. The molecule has 0 amide bonds. The summed E-state index contributed by atoms with van der Waals surface area (Å²) >= 11 is 1.71. The van der Waals surface area contributed by atoms with Crippen LogP contribution in [-0.4, -0.2) is 54.4 Å². The standard InChI is InChI=1S/C14H31N3S/c1-5-7-11-17(12-8-6-2)14(15)18-13-9-10-16(3)4/h15H,5-13H2,1-4H3. The lowest BCUT2D eigenvalue weighted by Gasteiger charge is -2.24. The second kappa shape index (κ2) is 11.8. The van der Waals surface area contributed by atoms with Crippen molar-refractivity contribution in [1.82, 2.24) is 9.80 Å². The van der Waals surface area contributed by atoms with Crippen molar-refractivity contribution in [3.05, 3.63) is 0 Å². The summed E-state index contributed by atoms with van der Waals surface area (Å²) in [5.41, 5.74) is 0. The number of rotatable bonds is 10. The largest absolute Gasteiger partial charge is 0.352 e. The molecule has 0 aliphatic rings.